The van der Waals surface area contributed by atoms with Crippen molar-refractivity contribution in [3.63, 3.8) is 0 Å². The molecule has 0 fully saturated rings. The lowest BCUT2D eigenvalue weighted by atomic mass is 10.0. The van der Waals surface area contributed by atoms with Crippen molar-refractivity contribution in [3.8, 4) is 11.4 Å². The number of aromatic nitrogens is 5. The van der Waals surface area contributed by atoms with Crippen LogP contribution in [-0.2, 0) is 13.0 Å². The first kappa shape index (κ1) is 19.7. The molecule has 1 amide bonds. The molecule has 0 atom stereocenters. The first-order chi connectivity index (χ1) is 15.7. The summed E-state index contributed by atoms with van der Waals surface area (Å²) in [6.07, 6.45) is 8.33. The zero-order chi connectivity index (χ0) is 21.9. The Hall–Kier alpha value is -4.27. The Balaban J connectivity index is 1.55. The van der Waals surface area contributed by atoms with Gasteiger partial charge >= 0.3 is 0 Å². The predicted octanol–water partition coefficient (Wildman–Crippen LogP) is 3.41. The van der Waals surface area contributed by atoms with Crippen molar-refractivity contribution in [3.05, 3.63) is 90.2 Å². The molecule has 0 spiro atoms. The zero-order valence-corrected chi connectivity index (χ0v) is 16.9. The molecule has 1 aliphatic rings. The van der Waals surface area contributed by atoms with E-state index >= 15 is 0 Å². The van der Waals surface area contributed by atoms with Crippen molar-refractivity contribution in [1.29, 1.82) is 0 Å². The van der Waals surface area contributed by atoms with E-state index in [-0.39, 0.29) is 18.1 Å². The summed E-state index contributed by atoms with van der Waals surface area (Å²) in [6.45, 7) is 0.756. The third-order valence-electron chi connectivity index (χ3n) is 5.20. The van der Waals surface area contributed by atoms with Gasteiger partial charge in [-0.1, -0.05) is 12.1 Å². The van der Waals surface area contributed by atoms with Gasteiger partial charge in [0, 0.05) is 48.9 Å². The van der Waals surface area contributed by atoms with Crippen molar-refractivity contribution < 1.29 is 9.18 Å². The highest BCUT2D eigenvalue weighted by molar-refractivity contribution is 5.92. The molecular weight excluding hydrogens is 409 g/mol. The van der Waals surface area contributed by atoms with Gasteiger partial charge in [0.25, 0.3) is 5.91 Å². The molecule has 1 aromatic carbocycles. The largest absolute Gasteiger partial charge is 0.337 e. The van der Waals surface area contributed by atoms with Gasteiger partial charge in [-0.15, -0.1) is 0 Å². The van der Waals surface area contributed by atoms with Crippen molar-refractivity contribution in [1.82, 2.24) is 29.8 Å². The van der Waals surface area contributed by atoms with Crippen LogP contribution >= 0.6 is 0 Å². The molecule has 0 saturated heterocycles. The van der Waals surface area contributed by atoms with Crippen molar-refractivity contribution in [2.75, 3.05) is 11.9 Å². The second-order valence-corrected chi connectivity index (χ2v) is 7.23. The lowest BCUT2D eigenvalue weighted by molar-refractivity contribution is 0.0727. The molecular formula is C23H18FN7O. The molecule has 8 nitrogen and oxygen atoms in total. The summed E-state index contributed by atoms with van der Waals surface area (Å²) in [5.41, 5.74) is 2.93. The van der Waals surface area contributed by atoms with E-state index in [2.05, 4.69) is 25.3 Å². The van der Waals surface area contributed by atoms with Crippen LogP contribution in [-0.4, -0.2) is 42.3 Å². The Morgan fingerprint density at radius 2 is 1.84 bits per heavy atom. The quantitative estimate of drug-likeness (QED) is 0.533. The van der Waals surface area contributed by atoms with E-state index in [1.54, 1.807) is 35.5 Å². The molecule has 3 aromatic heterocycles. The van der Waals surface area contributed by atoms with Gasteiger partial charge < -0.3 is 10.2 Å². The van der Waals surface area contributed by atoms with E-state index in [0.29, 0.717) is 30.3 Å². The second kappa shape index (κ2) is 8.46. The Bertz CT molecular complexity index is 1270. The summed E-state index contributed by atoms with van der Waals surface area (Å²) in [6, 6.07) is 10.0. The topological polar surface area (TPSA) is 96.8 Å². The van der Waals surface area contributed by atoms with Gasteiger partial charge in [0.1, 0.15) is 17.3 Å². The van der Waals surface area contributed by atoms with E-state index in [4.69, 9.17) is 4.98 Å². The van der Waals surface area contributed by atoms with Gasteiger partial charge in [0.2, 0.25) is 0 Å². The first-order valence-electron chi connectivity index (χ1n) is 10.1. The molecule has 0 saturated carbocycles. The molecule has 0 aliphatic carbocycles. The smallest absolute Gasteiger partial charge is 0.274 e. The molecule has 5 rings (SSSR count). The highest BCUT2D eigenvalue weighted by Crippen LogP contribution is 2.30. The fourth-order valence-corrected chi connectivity index (χ4v) is 3.58. The average molecular weight is 427 g/mol. The third-order valence-corrected chi connectivity index (χ3v) is 5.20. The van der Waals surface area contributed by atoms with Crippen LogP contribution in [0.4, 0.5) is 15.9 Å². The van der Waals surface area contributed by atoms with E-state index in [1.165, 1.54) is 24.7 Å². The molecule has 0 radical (unpaired) electrons. The fraction of sp³-hybridized carbons (Fsp3) is 0.130. The minimum atomic E-state index is -0.395. The molecule has 1 aliphatic heterocycles. The Morgan fingerprint density at radius 1 is 1.00 bits per heavy atom. The minimum absolute atomic E-state index is 0.223. The number of halogens is 1. The number of nitrogens with zero attached hydrogens (tertiary/aromatic N) is 6. The molecule has 4 aromatic rings. The van der Waals surface area contributed by atoms with Crippen LogP contribution in [0.2, 0.25) is 0 Å². The molecule has 0 unspecified atom stereocenters. The molecule has 32 heavy (non-hydrogen) atoms. The van der Waals surface area contributed by atoms with Crippen LogP contribution in [0.1, 0.15) is 21.7 Å². The third kappa shape index (κ3) is 3.87. The van der Waals surface area contributed by atoms with E-state index in [9.17, 15) is 9.18 Å². The highest BCUT2D eigenvalue weighted by Gasteiger charge is 2.27. The Labute approximate surface area is 183 Å². The summed E-state index contributed by atoms with van der Waals surface area (Å²) in [5, 5.41) is 3.10. The number of amides is 1. The van der Waals surface area contributed by atoms with Crippen LogP contribution in [0.3, 0.4) is 0 Å². The van der Waals surface area contributed by atoms with Gasteiger partial charge in [-0.25, -0.2) is 19.3 Å². The molecule has 9 heteroatoms. The lowest BCUT2D eigenvalue weighted by Gasteiger charge is -2.29. The number of hydrogen-bond donors (Lipinski definition) is 1. The normalized spacial score (nSPS) is 12.8. The number of anilines is 2. The maximum Gasteiger partial charge on any atom is 0.274 e. The van der Waals surface area contributed by atoms with Crippen LogP contribution in [0.5, 0.6) is 0 Å². The van der Waals surface area contributed by atoms with E-state index in [0.717, 1.165) is 16.8 Å². The summed E-state index contributed by atoms with van der Waals surface area (Å²) in [7, 11) is 0. The standard InChI is InChI=1S/C23H18FN7O/c24-17-3-1-2-4-19(17)29-22-16-14-31(23(32)20-13-26-10-11-27-20)12-7-18(16)28-21(30-22)15-5-8-25-9-6-15/h1-6,8-11,13H,7,12,14H2,(H,28,29,30). The van der Waals surface area contributed by atoms with Gasteiger partial charge in [-0.2, -0.15) is 0 Å². The number of carbonyl (C=O) groups is 1. The van der Waals surface area contributed by atoms with Gasteiger partial charge in [0.05, 0.1) is 24.1 Å². The highest BCUT2D eigenvalue weighted by atomic mass is 19.1. The number of rotatable bonds is 4. The fourth-order valence-electron chi connectivity index (χ4n) is 3.58. The van der Waals surface area contributed by atoms with Gasteiger partial charge in [-0.3, -0.25) is 14.8 Å². The monoisotopic (exact) mass is 427 g/mol. The van der Waals surface area contributed by atoms with Gasteiger partial charge in [-0.05, 0) is 24.3 Å². The number of carbonyl (C=O) groups excluding carboxylic acids is 1. The summed E-state index contributed by atoms with van der Waals surface area (Å²) in [5.74, 6) is 0.356. The van der Waals surface area contributed by atoms with Crippen LogP contribution in [0.25, 0.3) is 11.4 Å². The Kier molecular flexibility index (Phi) is 5.20. The maximum atomic E-state index is 14.4. The first-order valence-corrected chi connectivity index (χ1v) is 10.1. The molecule has 158 valence electrons. The molecule has 1 N–H and O–H groups in total. The lowest BCUT2D eigenvalue weighted by Crippen LogP contribution is -2.37. The minimum Gasteiger partial charge on any atom is -0.337 e. The number of para-hydroxylation sites is 1. The van der Waals surface area contributed by atoms with Crippen molar-refractivity contribution in [2.45, 2.75) is 13.0 Å². The number of fused-ring (bicyclic) bond motifs is 1. The number of nitrogens with one attached hydrogen (secondary N) is 1. The zero-order valence-electron chi connectivity index (χ0n) is 16.9. The van der Waals surface area contributed by atoms with E-state index < -0.39 is 5.82 Å². The summed E-state index contributed by atoms with van der Waals surface area (Å²) < 4.78 is 14.4. The maximum absolute atomic E-state index is 14.4. The average Bonchev–Trinajstić information content (AvgIpc) is 2.85. The van der Waals surface area contributed by atoms with Crippen molar-refractivity contribution in [2.24, 2.45) is 0 Å². The van der Waals surface area contributed by atoms with Crippen molar-refractivity contribution >= 4 is 17.4 Å². The second-order valence-electron chi connectivity index (χ2n) is 7.23. The molecule has 0 bridgehead atoms. The van der Waals surface area contributed by atoms with Crippen LogP contribution < -0.4 is 5.32 Å². The predicted molar refractivity (Wildman–Crippen MR) is 115 cm³/mol. The number of pyridine rings is 1. The SMILES string of the molecule is O=C(c1cnccn1)N1CCc2nc(-c3ccncc3)nc(Nc3ccccc3F)c2C1. The van der Waals surface area contributed by atoms with Crippen LogP contribution in [0, 0.1) is 5.82 Å². The number of benzene rings is 1. The summed E-state index contributed by atoms with van der Waals surface area (Å²) >= 11 is 0. The molecule has 4 heterocycles. The number of hydrogen-bond acceptors (Lipinski definition) is 7. The Morgan fingerprint density at radius 3 is 2.62 bits per heavy atom. The summed E-state index contributed by atoms with van der Waals surface area (Å²) in [4.78, 5) is 36.1. The van der Waals surface area contributed by atoms with Gasteiger partial charge in [0.15, 0.2) is 5.82 Å². The van der Waals surface area contributed by atoms with E-state index in [1.807, 2.05) is 12.1 Å². The van der Waals surface area contributed by atoms with Crippen LogP contribution in [0.15, 0.2) is 67.4 Å².